The number of ether oxygens (including phenoxy) is 1. The summed E-state index contributed by atoms with van der Waals surface area (Å²) in [6, 6.07) is -0.456. The molecule has 2 fully saturated rings. The molecule has 0 spiro atoms. The molecule has 0 aromatic rings. The zero-order chi connectivity index (χ0) is 18.9. The highest BCUT2D eigenvalue weighted by Gasteiger charge is 2.32. The Morgan fingerprint density at radius 2 is 1.96 bits per heavy atom. The van der Waals surface area contributed by atoms with E-state index in [9.17, 15) is 14.7 Å². The Hall–Kier alpha value is -1.38. The van der Waals surface area contributed by atoms with Crippen LogP contribution in [0.2, 0.25) is 0 Å². The van der Waals surface area contributed by atoms with E-state index in [1.54, 1.807) is 0 Å². The normalized spacial score (nSPS) is 26.7. The average Bonchev–Trinajstić information content (AvgIpc) is 3.08. The summed E-state index contributed by atoms with van der Waals surface area (Å²) in [5, 5.41) is 18.1. The second-order valence-electron chi connectivity index (χ2n) is 7.54. The number of aliphatic hydroxyl groups is 1. The Labute approximate surface area is 156 Å². The summed E-state index contributed by atoms with van der Waals surface area (Å²) in [6.45, 7) is 7.40. The van der Waals surface area contributed by atoms with Crippen molar-refractivity contribution in [3.8, 4) is 0 Å². The minimum absolute atomic E-state index is 0.0187. The lowest BCUT2D eigenvalue weighted by molar-refractivity contribution is -0.130. The summed E-state index contributed by atoms with van der Waals surface area (Å²) in [4.78, 5) is 26.3. The van der Waals surface area contributed by atoms with Crippen LogP contribution in [0.25, 0.3) is 0 Å². The zero-order valence-corrected chi connectivity index (χ0v) is 16.0. The Bertz CT molecular complexity index is 454. The molecule has 150 valence electrons. The van der Waals surface area contributed by atoms with Crippen LogP contribution in [0, 0.1) is 0 Å². The first-order chi connectivity index (χ1) is 12.5. The lowest BCUT2D eigenvalue weighted by atomic mass is 9.97. The molecule has 2 aliphatic heterocycles. The van der Waals surface area contributed by atoms with E-state index >= 15 is 0 Å². The zero-order valence-electron chi connectivity index (χ0n) is 16.0. The summed E-state index contributed by atoms with van der Waals surface area (Å²) >= 11 is 0. The van der Waals surface area contributed by atoms with Gasteiger partial charge < -0.3 is 30.7 Å². The van der Waals surface area contributed by atoms with Crippen molar-refractivity contribution in [2.75, 3.05) is 32.8 Å². The van der Waals surface area contributed by atoms with E-state index in [1.165, 1.54) is 12.8 Å². The van der Waals surface area contributed by atoms with Crippen molar-refractivity contribution >= 4 is 11.9 Å². The van der Waals surface area contributed by atoms with Gasteiger partial charge in [0.25, 0.3) is 0 Å². The third-order valence-electron chi connectivity index (χ3n) is 4.89. The number of rotatable bonds is 8. The van der Waals surface area contributed by atoms with Gasteiger partial charge in [-0.3, -0.25) is 4.79 Å². The number of carbonyl (C=O) groups excluding carboxylic acids is 2. The van der Waals surface area contributed by atoms with Crippen LogP contribution in [0.4, 0.5) is 4.79 Å². The predicted octanol–water partition coefficient (Wildman–Crippen LogP) is 0.205. The highest BCUT2D eigenvalue weighted by Crippen LogP contribution is 2.22. The Balaban J connectivity index is 1.68. The van der Waals surface area contributed by atoms with E-state index in [4.69, 9.17) is 4.74 Å². The number of aliphatic hydroxyl groups excluding tert-OH is 1. The molecule has 3 amide bonds. The lowest BCUT2D eigenvalue weighted by Gasteiger charge is -2.36. The van der Waals surface area contributed by atoms with Gasteiger partial charge in [-0.2, -0.15) is 0 Å². The first kappa shape index (κ1) is 20.9. The number of amides is 3. The molecule has 0 saturated carbocycles. The molecule has 0 bridgehead atoms. The van der Waals surface area contributed by atoms with E-state index in [-0.39, 0.29) is 36.7 Å². The lowest BCUT2D eigenvalue weighted by Crippen LogP contribution is -2.54. The van der Waals surface area contributed by atoms with Gasteiger partial charge in [-0.25, -0.2) is 4.79 Å². The van der Waals surface area contributed by atoms with Crippen LogP contribution < -0.4 is 16.0 Å². The Kier molecular flexibility index (Phi) is 8.61. The van der Waals surface area contributed by atoms with Gasteiger partial charge in [0, 0.05) is 19.1 Å². The van der Waals surface area contributed by atoms with Gasteiger partial charge in [-0.05, 0) is 52.6 Å². The van der Waals surface area contributed by atoms with E-state index in [2.05, 4.69) is 20.9 Å². The smallest absolute Gasteiger partial charge is 0.315 e. The second-order valence-corrected chi connectivity index (χ2v) is 7.54. The van der Waals surface area contributed by atoms with Crippen molar-refractivity contribution in [2.24, 2.45) is 0 Å². The standard InChI is InChI=1S/C18H34N4O4/c1-13(2)20-18(25)21-15-6-5-14(26-16(15)12-23)11-17(24)19-7-10-22-8-3-4-9-22/h13-16,23H,3-12H2,1-2H3,(H,19,24)(H2,20,21,25)/t14-,15-,16-/m0/s1. The summed E-state index contributed by atoms with van der Waals surface area (Å²) < 4.78 is 5.84. The number of urea groups is 1. The predicted molar refractivity (Wildman–Crippen MR) is 98.9 cm³/mol. The van der Waals surface area contributed by atoms with Crippen molar-refractivity contribution in [3.63, 3.8) is 0 Å². The van der Waals surface area contributed by atoms with Crippen molar-refractivity contribution < 1.29 is 19.4 Å². The number of carbonyl (C=O) groups is 2. The topological polar surface area (TPSA) is 103 Å². The molecule has 2 aliphatic rings. The van der Waals surface area contributed by atoms with Gasteiger partial charge in [0.2, 0.25) is 5.91 Å². The first-order valence-electron chi connectivity index (χ1n) is 9.80. The van der Waals surface area contributed by atoms with Gasteiger partial charge in [0.15, 0.2) is 0 Å². The largest absolute Gasteiger partial charge is 0.394 e. The monoisotopic (exact) mass is 370 g/mol. The molecule has 0 unspecified atom stereocenters. The molecular weight excluding hydrogens is 336 g/mol. The molecule has 0 radical (unpaired) electrons. The fourth-order valence-electron chi connectivity index (χ4n) is 3.56. The third kappa shape index (κ3) is 7.09. The van der Waals surface area contributed by atoms with Crippen LogP contribution in [-0.4, -0.2) is 79.0 Å². The number of nitrogens with zero attached hydrogens (tertiary/aromatic N) is 1. The van der Waals surface area contributed by atoms with E-state index < -0.39 is 6.10 Å². The maximum Gasteiger partial charge on any atom is 0.315 e. The molecule has 2 saturated heterocycles. The molecule has 0 aromatic carbocycles. The van der Waals surface area contributed by atoms with Crippen molar-refractivity contribution in [1.82, 2.24) is 20.9 Å². The third-order valence-corrected chi connectivity index (χ3v) is 4.89. The minimum Gasteiger partial charge on any atom is -0.394 e. The van der Waals surface area contributed by atoms with Crippen molar-refractivity contribution in [2.45, 2.75) is 70.2 Å². The van der Waals surface area contributed by atoms with Crippen LogP contribution in [0.1, 0.15) is 46.0 Å². The maximum absolute atomic E-state index is 12.1. The molecular formula is C18H34N4O4. The molecule has 0 aromatic heterocycles. The van der Waals surface area contributed by atoms with Crippen LogP contribution >= 0.6 is 0 Å². The fourth-order valence-corrected chi connectivity index (χ4v) is 3.56. The molecule has 2 heterocycles. The molecule has 0 aliphatic carbocycles. The molecule has 3 atom stereocenters. The van der Waals surface area contributed by atoms with Gasteiger partial charge in [-0.15, -0.1) is 0 Å². The summed E-state index contributed by atoms with van der Waals surface area (Å²) in [6.07, 6.45) is 3.45. The van der Waals surface area contributed by atoms with Gasteiger partial charge in [0.1, 0.15) is 6.10 Å². The van der Waals surface area contributed by atoms with E-state index in [0.29, 0.717) is 25.8 Å². The second kappa shape index (κ2) is 10.7. The first-order valence-corrected chi connectivity index (χ1v) is 9.80. The summed E-state index contributed by atoms with van der Waals surface area (Å²) in [7, 11) is 0. The fraction of sp³-hybridized carbons (Fsp3) is 0.889. The SMILES string of the molecule is CC(C)NC(=O)N[C@H]1CC[C@@H](CC(=O)NCCN2CCCC2)O[C@H]1CO. The van der Waals surface area contributed by atoms with Crippen LogP contribution in [0.15, 0.2) is 0 Å². The highest BCUT2D eigenvalue weighted by molar-refractivity contribution is 5.76. The maximum atomic E-state index is 12.1. The minimum atomic E-state index is -0.482. The van der Waals surface area contributed by atoms with Crippen LogP contribution in [0.5, 0.6) is 0 Å². The molecule has 8 heteroatoms. The van der Waals surface area contributed by atoms with Crippen LogP contribution in [-0.2, 0) is 9.53 Å². The number of nitrogens with one attached hydrogen (secondary N) is 3. The Morgan fingerprint density at radius 3 is 2.62 bits per heavy atom. The van der Waals surface area contributed by atoms with Crippen molar-refractivity contribution in [3.05, 3.63) is 0 Å². The number of likely N-dealkylation sites (tertiary alicyclic amines) is 1. The number of hydrogen-bond acceptors (Lipinski definition) is 5. The van der Waals surface area contributed by atoms with E-state index in [0.717, 1.165) is 19.6 Å². The van der Waals surface area contributed by atoms with Crippen LogP contribution in [0.3, 0.4) is 0 Å². The Morgan fingerprint density at radius 1 is 1.23 bits per heavy atom. The molecule has 8 nitrogen and oxygen atoms in total. The van der Waals surface area contributed by atoms with Gasteiger partial charge in [-0.1, -0.05) is 0 Å². The summed E-state index contributed by atoms with van der Waals surface area (Å²) in [5.41, 5.74) is 0. The molecule has 26 heavy (non-hydrogen) atoms. The van der Waals surface area contributed by atoms with E-state index in [1.807, 2.05) is 13.8 Å². The molecule has 4 N–H and O–H groups in total. The number of hydrogen-bond donors (Lipinski definition) is 4. The van der Waals surface area contributed by atoms with Crippen molar-refractivity contribution in [1.29, 1.82) is 0 Å². The summed E-state index contributed by atoms with van der Waals surface area (Å²) in [5.74, 6) is -0.0187. The average molecular weight is 370 g/mol. The molecule has 2 rings (SSSR count). The highest BCUT2D eigenvalue weighted by atomic mass is 16.5. The van der Waals surface area contributed by atoms with Gasteiger partial charge in [0.05, 0.1) is 25.2 Å². The quantitative estimate of drug-likeness (QED) is 0.489. The van der Waals surface area contributed by atoms with Gasteiger partial charge >= 0.3 is 6.03 Å².